The summed E-state index contributed by atoms with van der Waals surface area (Å²) in [6.45, 7) is 0. The SMILES string of the molecule is Nc1cc(C(=O)O)c(=O)[nH]c1C(F)(F)F. The number of carboxylic acids is 1. The van der Waals surface area contributed by atoms with Crippen LogP contribution in [-0.2, 0) is 6.18 Å². The van der Waals surface area contributed by atoms with Crippen molar-refractivity contribution in [2.75, 3.05) is 5.73 Å². The molecule has 0 aliphatic rings. The zero-order valence-corrected chi connectivity index (χ0v) is 7.05. The number of nitrogens with two attached hydrogens (primary N) is 1. The van der Waals surface area contributed by atoms with Crippen LogP contribution < -0.4 is 11.3 Å². The zero-order chi connectivity index (χ0) is 11.8. The average Bonchev–Trinajstić information content (AvgIpc) is 2.06. The molecule has 0 radical (unpaired) electrons. The molecule has 82 valence electrons. The van der Waals surface area contributed by atoms with Crippen LogP contribution in [0, 0.1) is 0 Å². The lowest BCUT2D eigenvalue weighted by molar-refractivity contribution is -0.140. The third-order valence-electron chi connectivity index (χ3n) is 1.59. The first-order valence-corrected chi connectivity index (χ1v) is 3.56. The van der Waals surface area contributed by atoms with E-state index in [9.17, 15) is 22.8 Å². The second-order valence-electron chi connectivity index (χ2n) is 2.65. The van der Waals surface area contributed by atoms with Crippen molar-refractivity contribution in [1.82, 2.24) is 4.98 Å². The number of H-pyrrole nitrogens is 1. The highest BCUT2D eigenvalue weighted by Gasteiger charge is 2.35. The predicted molar refractivity (Wildman–Crippen MR) is 43.4 cm³/mol. The number of anilines is 1. The van der Waals surface area contributed by atoms with E-state index in [0.717, 1.165) is 0 Å². The number of nitrogen functional groups attached to an aromatic ring is 1. The van der Waals surface area contributed by atoms with Gasteiger partial charge in [-0.3, -0.25) is 4.79 Å². The van der Waals surface area contributed by atoms with Crippen LogP contribution >= 0.6 is 0 Å². The van der Waals surface area contributed by atoms with Crippen molar-refractivity contribution in [2.45, 2.75) is 6.18 Å². The van der Waals surface area contributed by atoms with Crippen LogP contribution in [0.2, 0.25) is 0 Å². The summed E-state index contributed by atoms with van der Waals surface area (Å²) >= 11 is 0. The van der Waals surface area contributed by atoms with Crippen molar-refractivity contribution in [3.63, 3.8) is 0 Å². The van der Waals surface area contributed by atoms with E-state index in [4.69, 9.17) is 10.8 Å². The summed E-state index contributed by atoms with van der Waals surface area (Å²) in [6.07, 6.45) is -4.82. The van der Waals surface area contributed by atoms with Gasteiger partial charge in [0, 0.05) is 0 Å². The molecule has 5 nitrogen and oxygen atoms in total. The molecule has 0 amide bonds. The molecule has 0 saturated carbocycles. The number of hydrogen-bond donors (Lipinski definition) is 3. The fraction of sp³-hybridized carbons (Fsp3) is 0.143. The summed E-state index contributed by atoms with van der Waals surface area (Å²) in [6, 6.07) is 0.476. The summed E-state index contributed by atoms with van der Waals surface area (Å²) in [4.78, 5) is 22.6. The predicted octanol–water partition coefficient (Wildman–Crippen LogP) is 0.674. The molecule has 0 unspecified atom stereocenters. The molecule has 0 spiro atoms. The van der Waals surface area contributed by atoms with Gasteiger partial charge in [0.1, 0.15) is 11.3 Å². The van der Waals surface area contributed by atoms with Crippen LogP contribution in [-0.4, -0.2) is 16.1 Å². The highest BCUT2D eigenvalue weighted by Crippen LogP contribution is 2.30. The molecule has 0 bridgehead atoms. The van der Waals surface area contributed by atoms with Crippen LogP contribution in [0.25, 0.3) is 0 Å². The summed E-state index contributed by atoms with van der Waals surface area (Å²) < 4.78 is 36.5. The second kappa shape index (κ2) is 3.30. The van der Waals surface area contributed by atoms with E-state index in [1.165, 1.54) is 4.98 Å². The van der Waals surface area contributed by atoms with Gasteiger partial charge in [0.05, 0.1) is 5.69 Å². The molecule has 1 rings (SSSR count). The number of aromatic amines is 1. The first-order chi connectivity index (χ1) is 6.73. The van der Waals surface area contributed by atoms with Crippen LogP contribution in [0.4, 0.5) is 18.9 Å². The summed E-state index contributed by atoms with van der Waals surface area (Å²) in [7, 11) is 0. The van der Waals surface area contributed by atoms with Gasteiger partial charge >= 0.3 is 12.1 Å². The quantitative estimate of drug-likeness (QED) is 0.650. The molecule has 0 aliphatic carbocycles. The van der Waals surface area contributed by atoms with E-state index in [1.807, 2.05) is 0 Å². The van der Waals surface area contributed by atoms with Crippen molar-refractivity contribution in [2.24, 2.45) is 0 Å². The Labute approximate surface area is 80.3 Å². The van der Waals surface area contributed by atoms with E-state index in [0.29, 0.717) is 6.07 Å². The maximum Gasteiger partial charge on any atom is 0.433 e. The largest absolute Gasteiger partial charge is 0.477 e. The monoisotopic (exact) mass is 222 g/mol. The first-order valence-electron chi connectivity index (χ1n) is 3.56. The Morgan fingerprint density at radius 2 is 2.00 bits per heavy atom. The number of nitrogens with one attached hydrogen (secondary N) is 1. The van der Waals surface area contributed by atoms with Gasteiger partial charge in [-0.25, -0.2) is 4.79 Å². The Hall–Kier alpha value is -1.99. The third kappa shape index (κ3) is 2.09. The third-order valence-corrected chi connectivity index (χ3v) is 1.59. The molecule has 1 aromatic rings. The van der Waals surface area contributed by atoms with E-state index in [-0.39, 0.29) is 0 Å². The Morgan fingerprint density at radius 3 is 2.40 bits per heavy atom. The Kier molecular flexibility index (Phi) is 2.44. The van der Waals surface area contributed by atoms with E-state index < -0.39 is 34.6 Å². The second-order valence-corrected chi connectivity index (χ2v) is 2.65. The number of alkyl halides is 3. The van der Waals surface area contributed by atoms with E-state index in [2.05, 4.69) is 0 Å². The van der Waals surface area contributed by atoms with Crippen molar-refractivity contribution in [3.05, 3.63) is 27.7 Å². The first kappa shape index (κ1) is 11.1. The van der Waals surface area contributed by atoms with Gasteiger partial charge in [0.2, 0.25) is 0 Å². The minimum atomic E-state index is -4.82. The lowest BCUT2D eigenvalue weighted by Crippen LogP contribution is -2.24. The minimum absolute atomic E-state index is 0.476. The van der Waals surface area contributed by atoms with E-state index in [1.54, 1.807) is 0 Å². The maximum absolute atomic E-state index is 12.2. The molecule has 4 N–H and O–H groups in total. The zero-order valence-electron chi connectivity index (χ0n) is 7.05. The van der Waals surface area contributed by atoms with Crippen molar-refractivity contribution in [1.29, 1.82) is 0 Å². The Balaban J connectivity index is 3.46. The van der Waals surface area contributed by atoms with Gasteiger partial charge in [-0.15, -0.1) is 0 Å². The highest BCUT2D eigenvalue weighted by molar-refractivity contribution is 5.88. The number of halogens is 3. The molecule has 0 fully saturated rings. The number of aromatic nitrogens is 1. The van der Waals surface area contributed by atoms with Gasteiger partial charge in [-0.2, -0.15) is 13.2 Å². The molecular formula is C7H5F3N2O3. The van der Waals surface area contributed by atoms with E-state index >= 15 is 0 Å². The summed E-state index contributed by atoms with van der Waals surface area (Å²) in [5.41, 5.74) is 0.504. The van der Waals surface area contributed by atoms with Gasteiger partial charge in [0.25, 0.3) is 5.56 Å². The van der Waals surface area contributed by atoms with Crippen molar-refractivity contribution in [3.8, 4) is 0 Å². The Bertz CT molecular complexity index is 464. The summed E-state index contributed by atoms with van der Waals surface area (Å²) in [5, 5.41) is 8.43. The lowest BCUT2D eigenvalue weighted by Gasteiger charge is -2.09. The smallest absolute Gasteiger partial charge is 0.433 e. The number of rotatable bonds is 1. The lowest BCUT2D eigenvalue weighted by atomic mass is 10.2. The standard InChI is InChI=1S/C7H5F3N2O3/c8-7(9,10)4-3(11)1-2(6(14)15)5(13)12-4/h1H,11H2,(H,12,13)(H,14,15). The average molecular weight is 222 g/mol. The van der Waals surface area contributed by atoms with Crippen LogP contribution in [0.1, 0.15) is 16.1 Å². The molecule has 0 atom stereocenters. The normalized spacial score (nSPS) is 11.4. The molecule has 8 heteroatoms. The van der Waals surface area contributed by atoms with Crippen LogP contribution in [0.5, 0.6) is 0 Å². The number of hydrogen-bond acceptors (Lipinski definition) is 3. The molecule has 15 heavy (non-hydrogen) atoms. The maximum atomic E-state index is 12.2. The van der Waals surface area contributed by atoms with Gasteiger partial charge in [-0.1, -0.05) is 0 Å². The number of aromatic carboxylic acids is 1. The fourth-order valence-electron chi connectivity index (χ4n) is 0.940. The fourth-order valence-corrected chi connectivity index (χ4v) is 0.940. The topological polar surface area (TPSA) is 96.2 Å². The van der Waals surface area contributed by atoms with Crippen LogP contribution in [0.3, 0.4) is 0 Å². The summed E-state index contributed by atoms with van der Waals surface area (Å²) in [5.74, 6) is -1.64. The highest BCUT2D eigenvalue weighted by atomic mass is 19.4. The number of carboxylic acid groups (broad SMARTS) is 1. The van der Waals surface area contributed by atoms with Crippen molar-refractivity contribution >= 4 is 11.7 Å². The Morgan fingerprint density at radius 1 is 1.47 bits per heavy atom. The van der Waals surface area contributed by atoms with Crippen molar-refractivity contribution < 1.29 is 23.1 Å². The van der Waals surface area contributed by atoms with Gasteiger partial charge in [0.15, 0.2) is 0 Å². The van der Waals surface area contributed by atoms with Gasteiger partial charge in [-0.05, 0) is 6.07 Å². The van der Waals surface area contributed by atoms with Gasteiger partial charge < -0.3 is 15.8 Å². The molecule has 0 saturated heterocycles. The molecule has 0 aliphatic heterocycles. The molecule has 1 aromatic heterocycles. The number of pyridine rings is 1. The van der Waals surface area contributed by atoms with Crippen LogP contribution in [0.15, 0.2) is 10.9 Å². The number of carbonyl (C=O) groups is 1. The molecular weight excluding hydrogens is 217 g/mol. The minimum Gasteiger partial charge on any atom is -0.477 e. The molecule has 1 heterocycles. The molecule has 0 aromatic carbocycles.